The third-order valence-electron chi connectivity index (χ3n) is 4.10. The van der Waals surface area contributed by atoms with Gasteiger partial charge in [-0.3, -0.25) is 4.90 Å². The van der Waals surface area contributed by atoms with Crippen molar-refractivity contribution >= 4 is 11.3 Å². The van der Waals surface area contributed by atoms with Crippen LogP contribution in [0.15, 0.2) is 16.7 Å². The van der Waals surface area contributed by atoms with Crippen LogP contribution in [0, 0.1) is 6.92 Å². The molecular formula is C15H16F4N2O2S. The highest BCUT2D eigenvalue weighted by molar-refractivity contribution is 7.15. The Hall–Kier alpha value is -1.45. The lowest BCUT2D eigenvalue weighted by atomic mass is 10.1. The molecule has 1 saturated heterocycles. The Bertz CT molecular complexity index is 705. The summed E-state index contributed by atoms with van der Waals surface area (Å²) < 4.78 is 55.9. The molecule has 4 nitrogen and oxygen atoms in total. The van der Waals surface area contributed by atoms with Crippen molar-refractivity contribution in [3.05, 3.63) is 28.3 Å². The van der Waals surface area contributed by atoms with Crippen molar-refractivity contribution in [2.75, 3.05) is 13.1 Å². The van der Waals surface area contributed by atoms with E-state index in [1.54, 1.807) is 17.0 Å². The molecule has 1 N–H and O–H groups in total. The lowest BCUT2D eigenvalue weighted by Crippen LogP contribution is -2.37. The summed E-state index contributed by atoms with van der Waals surface area (Å²) in [6.45, 7) is 2.18. The molecule has 0 unspecified atom stereocenters. The zero-order valence-electron chi connectivity index (χ0n) is 12.8. The van der Waals surface area contributed by atoms with Crippen LogP contribution in [0.4, 0.5) is 17.6 Å². The number of aliphatic hydroxyl groups is 1. The SMILES string of the molecule is Cc1c(-c2ccc([C@H](O)N3CCC(F)CC3)s2)noc1C(F)(F)F. The molecule has 1 fully saturated rings. The fourth-order valence-corrected chi connectivity index (χ4v) is 3.81. The Labute approximate surface area is 139 Å². The fraction of sp³-hybridized carbons (Fsp3) is 0.533. The van der Waals surface area contributed by atoms with Crippen molar-refractivity contribution in [1.29, 1.82) is 0 Å². The summed E-state index contributed by atoms with van der Waals surface area (Å²) >= 11 is 1.15. The van der Waals surface area contributed by atoms with Crippen molar-refractivity contribution in [1.82, 2.24) is 10.1 Å². The van der Waals surface area contributed by atoms with E-state index in [0.717, 1.165) is 11.3 Å². The van der Waals surface area contributed by atoms with Crippen LogP contribution in [-0.2, 0) is 6.18 Å². The van der Waals surface area contributed by atoms with Gasteiger partial charge in [-0.2, -0.15) is 13.2 Å². The van der Waals surface area contributed by atoms with Crippen molar-refractivity contribution < 1.29 is 27.2 Å². The Balaban J connectivity index is 1.80. The maximum Gasteiger partial charge on any atom is 0.452 e. The zero-order valence-corrected chi connectivity index (χ0v) is 13.6. The summed E-state index contributed by atoms with van der Waals surface area (Å²) in [5.41, 5.74) is 0.0388. The monoisotopic (exact) mass is 364 g/mol. The van der Waals surface area contributed by atoms with Gasteiger partial charge in [-0.05, 0) is 31.9 Å². The van der Waals surface area contributed by atoms with Gasteiger partial charge in [0.2, 0.25) is 5.76 Å². The summed E-state index contributed by atoms with van der Waals surface area (Å²) in [6.07, 6.45) is -5.60. The fourth-order valence-electron chi connectivity index (χ4n) is 2.74. The number of aromatic nitrogens is 1. The third kappa shape index (κ3) is 3.33. The molecule has 3 heterocycles. The number of alkyl halides is 4. The van der Waals surface area contributed by atoms with Crippen molar-refractivity contribution in [3.8, 4) is 10.6 Å². The van der Waals surface area contributed by atoms with Crippen LogP contribution in [0.5, 0.6) is 0 Å². The molecule has 3 rings (SSSR count). The number of likely N-dealkylation sites (tertiary alicyclic amines) is 1. The third-order valence-corrected chi connectivity index (χ3v) is 5.23. The Kier molecular flexibility index (Phi) is 4.67. The van der Waals surface area contributed by atoms with E-state index >= 15 is 0 Å². The normalized spacial score (nSPS) is 18.9. The lowest BCUT2D eigenvalue weighted by Gasteiger charge is -2.31. The van der Waals surface area contributed by atoms with Gasteiger partial charge in [0, 0.05) is 23.5 Å². The standard InChI is InChI=1S/C15H16F4N2O2S/c1-8-12(20-23-13(8)15(17,18)19)10-2-3-11(24-10)14(22)21-6-4-9(16)5-7-21/h2-3,9,14,22H,4-7H2,1H3/t14-/m0/s1. The predicted octanol–water partition coefficient (Wildman–Crippen LogP) is 4.16. The molecule has 2 aromatic rings. The average molecular weight is 364 g/mol. The number of hydrogen-bond acceptors (Lipinski definition) is 5. The first-order valence-corrected chi connectivity index (χ1v) is 8.28. The quantitative estimate of drug-likeness (QED) is 0.831. The number of aliphatic hydroxyl groups excluding tert-OH is 1. The summed E-state index contributed by atoms with van der Waals surface area (Å²) in [7, 11) is 0. The van der Waals surface area contributed by atoms with Gasteiger partial charge in [-0.15, -0.1) is 11.3 Å². The smallest absolute Gasteiger partial charge is 0.373 e. The Morgan fingerprint density at radius 2 is 2.00 bits per heavy atom. The molecule has 0 bridgehead atoms. The maximum atomic E-state index is 13.2. The molecule has 0 amide bonds. The highest BCUT2D eigenvalue weighted by atomic mass is 32.1. The van der Waals surface area contributed by atoms with E-state index in [-0.39, 0.29) is 11.3 Å². The molecule has 132 valence electrons. The molecule has 1 atom stereocenters. The molecule has 9 heteroatoms. The molecule has 1 aliphatic heterocycles. The van der Waals surface area contributed by atoms with Crippen LogP contribution in [0.3, 0.4) is 0 Å². The van der Waals surface area contributed by atoms with Crippen LogP contribution >= 0.6 is 11.3 Å². The molecule has 0 spiro atoms. The number of nitrogens with zero attached hydrogens (tertiary/aromatic N) is 2. The van der Waals surface area contributed by atoms with Gasteiger partial charge in [0.1, 0.15) is 18.1 Å². The first-order valence-electron chi connectivity index (χ1n) is 7.47. The van der Waals surface area contributed by atoms with E-state index in [1.165, 1.54) is 6.92 Å². The predicted molar refractivity (Wildman–Crippen MR) is 80.2 cm³/mol. The summed E-state index contributed by atoms with van der Waals surface area (Å²) in [4.78, 5) is 2.82. The summed E-state index contributed by atoms with van der Waals surface area (Å²) in [5.74, 6) is -1.11. The molecule has 1 aliphatic rings. The molecule has 0 radical (unpaired) electrons. The topological polar surface area (TPSA) is 49.5 Å². The maximum absolute atomic E-state index is 13.2. The highest BCUT2D eigenvalue weighted by Crippen LogP contribution is 2.39. The second-order valence-corrected chi connectivity index (χ2v) is 6.88. The van der Waals surface area contributed by atoms with Gasteiger partial charge < -0.3 is 9.63 Å². The van der Waals surface area contributed by atoms with E-state index in [4.69, 9.17) is 0 Å². The highest BCUT2D eigenvalue weighted by Gasteiger charge is 2.39. The minimum absolute atomic E-state index is 0.0800. The van der Waals surface area contributed by atoms with E-state index in [2.05, 4.69) is 9.68 Å². The van der Waals surface area contributed by atoms with Gasteiger partial charge in [0.25, 0.3) is 0 Å². The first kappa shape index (κ1) is 17.4. The molecule has 0 saturated carbocycles. The van der Waals surface area contributed by atoms with E-state index in [0.29, 0.717) is 35.7 Å². The van der Waals surface area contributed by atoms with E-state index in [1.807, 2.05) is 0 Å². The van der Waals surface area contributed by atoms with Gasteiger partial charge in [0.05, 0.1) is 4.88 Å². The van der Waals surface area contributed by atoms with Gasteiger partial charge in [0.15, 0.2) is 0 Å². The largest absolute Gasteiger partial charge is 0.452 e. The van der Waals surface area contributed by atoms with E-state index < -0.39 is 24.3 Å². The second kappa shape index (κ2) is 6.45. The second-order valence-electron chi connectivity index (χ2n) is 5.77. The summed E-state index contributed by atoms with van der Waals surface area (Å²) in [5, 5.41) is 13.9. The first-order chi connectivity index (χ1) is 11.3. The molecule has 0 aliphatic carbocycles. The van der Waals surface area contributed by atoms with Crippen LogP contribution < -0.4 is 0 Å². The lowest BCUT2D eigenvalue weighted by molar-refractivity contribution is -0.156. The number of halogens is 4. The average Bonchev–Trinajstić information content (AvgIpc) is 3.13. The Morgan fingerprint density at radius 3 is 2.58 bits per heavy atom. The molecule has 24 heavy (non-hydrogen) atoms. The van der Waals surface area contributed by atoms with Crippen LogP contribution in [-0.4, -0.2) is 34.4 Å². The van der Waals surface area contributed by atoms with E-state index in [9.17, 15) is 22.7 Å². The zero-order chi connectivity index (χ0) is 17.5. The number of piperidine rings is 1. The van der Waals surface area contributed by atoms with Crippen molar-refractivity contribution in [3.63, 3.8) is 0 Å². The van der Waals surface area contributed by atoms with Crippen LogP contribution in [0.1, 0.15) is 35.3 Å². The molecule has 2 aromatic heterocycles. The minimum atomic E-state index is -4.59. The minimum Gasteiger partial charge on any atom is -0.373 e. The number of rotatable bonds is 3. The molecule has 0 aromatic carbocycles. The van der Waals surface area contributed by atoms with Crippen LogP contribution in [0.2, 0.25) is 0 Å². The number of thiophene rings is 1. The van der Waals surface area contributed by atoms with Gasteiger partial charge in [-0.25, -0.2) is 4.39 Å². The van der Waals surface area contributed by atoms with Crippen molar-refractivity contribution in [2.45, 2.75) is 38.3 Å². The molecular weight excluding hydrogens is 348 g/mol. The Morgan fingerprint density at radius 1 is 1.33 bits per heavy atom. The number of hydrogen-bond donors (Lipinski definition) is 1. The van der Waals surface area contributed by atoms with Crippen molar-refractivity contribution in [2.24, 2.45) is 0 Å². The summed E-state index contributed by atoms with van der Waals surface area (Å²) in [6, 6.07) is 3.25. The van der Waals surface area contributed by atoms with Gasteiger partial charge >= 0.3 is 6.18 Å². The van der Waals surface area contributed by atoms with Crippen LogP contribution in [0.25, 0.3) is 10.6 Å². The van der Waals surface area contributed by atoms with Gasteiger partial charge in [-0.1, -0.05) is 5.16 Å².